The van der Waals surface area contributed by atoms with Gasteiger partial charge in [0.2, 0.25) is 11.6 Å². The van der Waals surface area contributed by atoms with Crippen molar-refractivity contribution in [3.63, 3.8) is 0 Å². The van der Waals surface area contributed by atoms with E-state index in [0.717, 1.165) is 50.3 Å². The molecule has 0 saturated carbocycles. The highest BCUT2D eigenvalue weighted by Crippen LogP contribution is 2.51. The smallest absolute Gasteiger partial charge is 0.335 e. The standard InChI is InChI=1S/C47H47N3O9S2/c1-7-49-38-22-16-30-14-20-34(60(54,55)56)27-36(30)43(38)46(3,4)40(49)24-9-29(11-26-42(51)48-33-18-12-32(13-19-33)45(52)53)10-25-41-47(5,6)44-37-28-35(61(57,58)59)21-15-31(37)17-23-39(44)50(41)8-2/h9-10,12-25,27-28H,7-8,11,26H2,1-6H3,(H3-,48,51,52,53,54,55,56,57,58,59)/p+1. The first-order valence-electron chi connectivity index (χ1n) is 19.9. The van der Waals surface area contributed by atoms with Gasteiger partial charge in [0.05, 0.1) is 20.8 Å². The summed E-state index contributed by atoms with van der Waals surface area (Å²) in [5.41, 5.74) is 5.74. The fraction of sp³-hybridized carbons (Fsp3) is 0.255. The van der Waals surface area contributed by atoms with E-state index in [-0.39, 0.29) is 27.7 Å². The number of carbonyl (C=O) groups excluding carboxylic acids is 1. The molecule has 0 fully saturated rings. The molecule has 316 valence electrons. The van der Waals surface area contributed by atoms with E-state index >= 15 is 0 Å². The van der Waals surface area contributed by atoms with E-state index in [2.05, 4.69) is 42.5 Å². The maximum atomic E-state index is 13.4. The van der Waals surface area contributed by atoms with Crippen molar-refractivity contribution in [1.82, 2.24) is 0 Å². The first-order valence-corrected chi connectivity index (χ1v) is 22.8. The quantitative estimate of drug-likeness (QED) is 0.0536. The van der Waals surface area contributed by atoms with E-state index in [4.69, 9.17) is 0 Å². The molecule has 12 nitrogen and oxygen atoms in total. The number of hydrogen-bond donors (Lipinski definition) is 4. The summed E-state index contributed by atoms with van der Waals surface area (Å²) < 4.78 is 70.8. The van der Waals surface area contributed by atoms with Crippen molar-refractivity contribution in [1.29, 1.82) is 0 Å². The number of amides is 1. The van der Waals surface area contributed by atoms with E-state index in [0.29, 0.717) is 36.0 Å². The predicted molar refractivity (Wildman–Crippen MR) is 239 cm³/mol. The normalized spacial score (nSPS) is 16.8. The second-order valence-electron chi connectivity index (χ2n) is 16.3. The minimum absolute atomic E-state index is 0.101. The third-order valence-electron chi connectivity index (χ3n) is 11.8. The van der Waals surface area contributed by atoms with Crippen LogP contribution in [0.4, 0.5) is 17.1 Å². The molecule has 0 aromatic heterocycles. The molecular formula is C47H48N3O9S2+. The van der Waals surface area contributed by atoms with Gasteiger partial charge in [0.15, 0.2) is 5.71 Å². The Kier molecular flexibility index (Phi) is 11.2. The van der Waals surface area contributed by atoms with Crippen LogP contribution < -0.4 is 10.2 Å². The molecular weight excluding hydrogens is 815 g/mol. The average Bonchev–Trinajstić information content (AvgIpc) is 3.57. The van der Waals surface area contributed by atoms with Crippen LogP contribution >= 0.6 is 0 Å². The second kappa shape index (κ2) is 15.8. The van der Waals surface area contributed by atoms with Gasteiger partial charge in [0.1, 0.15) is 6.54 Å². The number of rotatable bonds is 12. The van der Waals surface area contributed by atoms with Crippen LogP contribution in [-0.2, 0) is 35.9 Å². The SMILES string of the molecule is CCN1/C(=C/C=C(/C=C/C2=[N+](CC)c3ccc4ccc(S(=O)(=O)O)cc4c3C2(C)C)CCC(=O)Nc2ccc(C(=O)O)cc2)C(C)(C)c2c1ccc1ccc(S(=O)(=O)O)cc21. The summed E-state index contributed by atoms with van der Waals surface area (Å²) in [7, 11) is -8.89. The highest BCUT2D eigenvalue weighted by Gasteiger charge is 2.45. The molecule has 2 aliphatic heterocycles. The molecule has 1 amide bonds. The predicted octanol–water partition coefficient (Wildman–Crippen LogP) is 9.18. The maximum Gasteiger partial charge on any atom is 0.335 e. The van der Waals surface area contributed by atoms with Crippen molar-refractivity contribution in [3.05, 3.63) is 137 Å². The lowest BCUT2D eigenvalue weighted by atomic mass is 9.79. The number of hydrogen-bond acceptors (Lipinski definition) is 7. The largest absolute Gasteiger partial charge is 0.478 e. The van der Waals surface area contributed by atoms with Crippen molar-refractivity contribution in [2.45, 2.75) is 75.0 Å². The summed E-state index contributed by atoms with van der Waals surface area (Å²) in [5.74, 6) is -1.33. The monoisotopic (exact) mass is 862 g/mol. The van der Waals surface area contributed by atoms with Crippen LogP contribution in [0, 0.1) is 0 Å². The Hall–Kier alpha value is -5.93. The lowest BCUT2D eigenvalue weighted by Crippen LogP contribution is -2.27. The fourth-order valence-corrected chi connectivity index (χ4v) is 9.91. The third-order valence-corrected chi connectivity index (χ3v) is 13.5. The van der Waals surface area contributed by atoms with Gasteiger partial charge in [-0.05, 0) is 134 Å². The molecule has 2 heterocycles. The van der Waals surface area contributed by atoms with Crippen LogP contribution in [0.5, 0.6) is 0 Å². The Balaban J connectivity index is 1.30. The van der Waals surface area contributed by atoms with Gasteiger partial charge in [0.25, 0.3) is 20.2 Å². The molecule has 5 aromatic rings. The van der Waals surface area contributed by atoms with Crippen LogP contribution in [0.1, 0.15) is 75.9 Å². The number of benzene rings is 5. The average molecular weight is 863 g/mol. The zero-order valence-corrected chi connectivity index (χ0v) is 36.4. The zero-order chi connectivity index (χ0) is 44.2. The topological polar surface area (TPSA) is 181 Å². The Morgan fingerprint density at radius 3 is 1.89 bits per heavy atom. The number of aromatic carboxylic acids is 1. The van der Waals surface area contributed by atoms with Crippen molar-refractivity contribution in [3.8, 4) is 0 Å². The molecule has 0 radical (unpaired) electrons. The van der Waals surface area contributed by atoms with Gasteiger partial charge >= 0.3 is 5.97 Å². The lowest BCUT2D eigenvalue weighted by molar-refractivity contribution is -0.433. The molecule has 0 unspecified atom stereocenters. The highest BCUT2D eigenvalue weighted by atomic mass is 32.2. The van der Waals surface area contributed by atoms with Crippen LogP contribution in [-0.4, -0.2) is 66.3 Å². The molecule has 5 aromatic carbocycles. The number of nitrogens with zero attached hydrogens (tertiary/aromatic N) is 2. The van der Waals surface area contributed by atoms with Gasteiger partial charge in [-0.15, -0.1) is 0 Å². The van der Waals surface area contributed by atoms with Crippen LogP contribution in [0.2, 0.25) is 0 Å². The number of carboxylic acid groups (broad SMARTS) is 1. The third kappa shape index (κ3) is 8.04. The number of carbonyl (C=O) groups is 2. The summed E-state index contributed by atoms with van der Waals surface area (Å²) >= 11 is 0. The van der Waals surface area contributed by atoms with Gasteiger partial charge in [-0.3, -0.25) is 13.9 Å². The Labute approximate surface area is 355 Å². The van der Waals surface area contributed by atoms with Crippen LogP contribution in [0.15, 0.2) is 130 Å². The molecule has 0 aliphatic carbocycles. The van der Waals surface area contributed by atoms with Crippen molar-refractivity contribution >= 4 is 76.4 Å². The van der Waals surface area contributed by atoms with Gasteiger partial charge < -0.3 is 15.3 Å². The molecule has 7 rings (SSSR count). The minimum Gasteiger partial charge on any atom is -0.478 e. The molecule has 61 heavy (non-hydrogen) atoms. The first kappa shape index (κ1) is 43.2. The molecule has 2 aliphatic rings. The van der Waals surface area contributed by atoms with Gasteiger partial charge in [0, 0.05) is 53.2 Å². The summed E-state index contributed by atoms with van der Waals surface area (Å²) in [6.07, 6.45) is 8.47. The fourth-order valence-electron chi connectivity index (χ4n) is 8.90. The van der Waals surface area contributed by atoms with Gasteiger partial charge in [-0.1, -0.05) is 44.2 Å². The van der Waals surface area contributed by atoms with E-state index in [1.54, 1.807) is 24.3 Å². The number of carboxylic acids is 1. The number of nitrogens with one attached hydrogen (secondary N) is 1. The molecule has 0 atom stereocenters. The highest BCUT2D eigenvalue weighted by molar-refractivity contribution is 7.86. The Morgan fingerprint density at radius 2 is 1.33 bits per heavy atom. The van der Waals surface area contributed by atoms with Gasteiger partial charge in [-0.25, -0.2) is 4.79 Å². The number of likely N-dealkylation sites (N-methyl/N-ethyl adjacent to an activating group) is 1. The van der Waals surface area contributed by atoms with Crippen molar-refractivity contribution in [2.75, 3.05) is 23.3 Å². The summed E-state index contributed by atoms with van der Waals surface area (Å²) in [5, 5.41) is 15.2. The first-order chi connectivity index (χ1) is 28.7. The number of anilines is 2. The Morgan fingerprint density at radius 1 is 0.754 bits per heavy atom. The van der Waals surface area contributed by atoms with Crippen molar-refractivity contribution in [2.24, 2.45) is 0 Å². The second-order valence-corrected chi connectivity index (χ2v) is 19.2. The van der Waals surface area contributed by atoms with E-state index in [1.807, 2.05) is 62.4 Å². The lowest BCUT2D eigenvalue weighted by Gasteiger charge is -2.26. The van der Waals surface area contributed by atoms with Crippen LogP contribution in [0.3, 0.4) is 0 Å². The molecule has 0 spiro atoms. The Bertz CT molecular complexity index is 3020. The number of fused-ring (bicyclic) bond motifs is 6. The van der Waals surface area contributed by atoms with E-state index in [9.17, 15) is 40.6 Å². The van der Waals surface area contributed by atoms with Crippen molar-refractivity contribution < 1.29 is 45.2 Å². The number of allylic oxidation sites excluding steroid dienone is 6. The molecule has 14 heteroatoms. The molecule has 0 saturated heterocycles. The molecule has 0 bridgehead atoms. The summed E-state index contributed by atoms with van der Waals surface area (Å²) in [6, 6.07) is 23.1. The maximum absolute atomic E-state index is 13.4. The van der Waals surface area contributed by atoms with E-state index in [1.165, 1.54) is 36.4 Å². The summed E-state index contributed by atoms with van der Waals surface area (Å²) in [6.45, 7) is 13.6. The van der Waals surface area contributed by atoms with Crippen LogP contribution in [0.25, 0.3) is 21.5 Å². The summed E-state index contributed by atoms with van der Waals surface area (Å²) in [4.78, 5) is 26.5. The van der Waals surface area contributed by atoms with E-state index < -0.39 is 37.0 Å². The van der Waals surface area contributed by atoms with Gasteiger partial charge in [-0.2, -0.15) is 21.4 Å². The molecule has 4 N–H and O–H groups in total. The zero-order valence-electron chi connectivity index (χ0n) is 34.7. The minimum atomic E-state index is -4.45.